The van der Waals surface area contributed by atoms with Crippen molar-refractivity contribution >= 4 is 93.8 Å². The topological polar surface area (TPSA) is 45.9 Å². The summed E-state index contributed by atoms with van der Waals surface area (Å²) in [7, 11) is 0. The van der Waals surface area contributed by atoms with E-state index in [1.165, 1.54) is 71.2 Å². The van der Waals surface area contributed by atoms with E-state index in [1.54, 1.807) is 0 Å². The Balaban J connectivity index is 1.02. The summed E-state index contributed by atoms with van der Waals surface area (Å²) in [4.78, 5) is 5.26. The van der Waals surface area contributed by atoms with E-state index in [0.29, 0.717) is 0 Å². The molecular weight excluding hydrogens is 893 g/mol. The van der Waals surface area contributed by atoms with Crippen LogP contribution in [0.2, 0.25) is 0 Å². The van der Waals surface area contributed by atoms with E-state index < -0.39 is 0 Å². The summed E-state index contributed by atoms with van der Waals surface area (Å²) in [5.41, 5.74) is 15.0. The second-order valence-corrected chi connectivity index (χ2v) is 20.6. The smallest absolute Gasteiger partial charge is 0.159 e. The molecule has 5 heteroatoms. The van der Waals surface area contributed by atoms with Crippen LogP contribution < -0.4 is 9.80 Å². The fourth-order valence-electron chi connectivity index (χ4n) is 12.9. The summed E-state index contributed by atoms with van der Waals surface area (Å²) < 4.78 is 21.7. The Kier molecular flexibility index (Phi) is 11.6. The van der Waals surface area contributed by atoms with E-state index in [4.69, 9.17) is 13.3 Å². The fraction of sp³-hybridized carbons (Fsp3) is 0.235. The fourth-order valence-corrected chi connectivity index (χ4v) is 12.9. The van der Waals surface area contributed by atoms with E-state index in [9.17, 15) is 0 Å². The second-order valence-electron chi connectivity index (χ2n) is 20.6. The van der Waals surface area contributed by atoms with Crippen LogP contribution in [0.15, 0.2) is 183 Å². The summed E-state index contributed by atoms with van der Waals surface area (Å²) >= 11 is 0. The Hall–Kier alpha value is -7.76. The van der Waals surface area contributed by atoms with Gasteiger partial charge in [0.15, 0.2) is 11.3 Å². The first-order valence-electron chi connectivity index (χ1n) is 26.9. The number of rotatable bonds is 10. The molecule has 0 aliphatic heterocycles. The number of allylic oxidation sites excluding steroid dienone is 2. The number of furan rings is 3. The molecule has 0 spiro atoms. The lowest BCUT2D eigenvalue weighted by atomic mass is 9.91. The standard InChI is InChI=1S/C68H62N2O3/c1-5-49(45-25-11-7-12-26-45)65-43(3)44(4)66(72-65)57(6-2)69(47-29-15-9-16-30-47)59-41-61-63(53-35-21-19-33-51(53)59)64-54-36-22-20-34-52(54)60(42-62(64)71-61)70(48-31-17-10-18-32-48)58-40-24-39-56-55-38-23-37-50(67(55)73-68(56)58)46-27-13-8-14-28-46/h5-8,11-14,19-28,33-42,47-48H,9-10,15-18,29-32H2,1-4H3/b49-5-,57-6+. The minimum absolute atomic E-state index is 0.285. The molecule has 2 saturated carbocycles. The highest BCUT2D eigenvalue weighted by atomic mass is 16.3. The van der Waals surface area contributed by atoms with Crippen LogP contribution in [0.25, 0.3) is 87.8 Å². The van der Waals surface area contributed by atoms with Gasteiger partial charge in [0, 0.05) is 73.2 Å². The maximum absolute atomic E-state index is 7.40. The summed E-state index contributed by atoms with van der Waals surface area (Å²) in [6.45, 7) is 8.73. The number of para-hydroxylation sites is 2. The predicted octanol–water partition coefficient (Wildman–Crippen LogP) is 19.8. The molecule has 13 rings (SSSR count). The van der Waals surface area contributed by atoms with Gasteiger partial charge >= 0.3 is 0 Å². The van der Waals surface area contributed by atoms with E-state index >= 15 is 0 Å². The molecule has 0 radical (unpaired) electrons. The lowest BCUT2D eigenvalue weighted by Crippen LogP contribution is -2.35. The number of nitrogens with zero attached hydrogens (tertiary/aromatic N) is 2. The summed E-state index contributed by atoms with van der Waals surface area (Å²) in [5.74, 6) is 1.86. The van der Waals surface area contributed by atoms with Crippen molar-refractivity contribution < 1.29 is 13.3 Å². The van der Waals surface area contributed by atoms with Gasteiger partial charge in [0.1, 0.15) is 22.5 Å². The van der Waals surface area contributed by atoms with Gasteiger partial charge in [-0.3, -0.25) is 0 Å². The monoisotopic (exact) mass is 954 g/mol. The lowest BCUT2D eigenvalue weighted by molar-refractivity contribution is 0.434. The Labute approximate surface area is 428 Å². The summed E-state index contributed by atoms with van der Waals surface area (Å²) in [6, 6.07) is 57.9. The maximum Gasteiger partial charge on any atom is 0.159 e. The van der Waals surface area contributed by atoms with Crippen molar-refractivity contribution in [2.75, 3.05) is 9.80 Å². The van der Waals surface area contributed by atoms with E-state index in [-0.39, 0.29) is 12.1 Å². The molecule has 11 aromatic rings. The average Bonchev–Trinajstić information content (AvgIpc) is 4.12. The Morgan fingerprint density at radius 3 is 1.63 bits per heavy atom. The van der Waals surface area contributed by atoms with Gasteiger partial charge in [0.2, 0.25) is 0 Å². The van der Waals surface area contributed by atoms with Crippen LogP contribution in [0.4, 0.5) is 17.1 Å². The first-order valence-corrected chi connectivity index (χ1v) is 26.9. The van der Waals surface area contributed by atoms with Gasteiger partial charge in [-0.2, -0.15) is 0 Å². The number of hydrogen-bond acceptors (Lipinski definition) is 5. The highest BCUT2D eigenvalue weighted by Crippen LogP contribution is 2.51. The first-order chi connectivity index (χ1) is 36.0. The largest absolute Gasteiger partial charge is 0.456 e. The van der Waals surface area contributed by atoms with Gasteiger partial charge < -0.3 is 23.1 Å². The molecule has 2 aliphatic rings. The molecule has 0 unspecified atom stereocenters. The first kappa shape index (κ1) is 45.1. The zero-order valence-corrected chi connectivity index (χ0v) is 42.5. The third-order valence-corrected chi connectivity index (χ3v) is 16.5. The number of hydrogen-bond donors (Lipinski definition) is 0. The van der Waals surface area contributed by atoms with Crippen molar-refractivity contribution in [2.45, 2.75) is 104 Å². The van der Waals surface area contributed by atoms with Crippen molar-refractivity contribution in [3.63, 3.8) is 0 Å². The van der Waals surface area contributed by atoms with Crippen molar-refractivity contribution in [3.05, 3.63) is 198 Å². The van der Waals surface area contributed by atoms with Gasteiger partial charge in [0.05, 0.1) is 22.8 Å². The highest BCUT2D eigenvalue weighted by molar-refractivity contribution is 6.30. The Bertz CT molecular complexity index is 3930. The normalized spacial score (nSPS) is 15.5. The third-order valence-electron chi connectivity index (χ3n) is 16.5. The Morgan fingerprint density at radius 2 is 0.986 bits per heavy atom. The van der Waals surface area contributed by atoms with Crippen LogP contribution in [-0.2, 0) is 0 Å². The molecule has 2 fully saturated rings. The molecule has 3 heterocycles. The molecule has 0 bridgehead atoms. The molecule has 0 amide bonds. The zero-order chi connectivity index (χ0) is 49.2. The van der Waals surface area contributed by atoms with Gasteiger partial charge in [-0.25, -0.2) is 0 Å². The van der Waals surface area contributed by atoms with E-state index in [1.807, 2.05) is 0 Å². The number of fused-ring (bicyclic) bond motifs is 10. The van der Waals surface area contributed by atoms with Crippen LogP contribution in [0.3, 0.4) is 0 Å². The molecule has 8 aromatic carbocycles. The minimum Gasteiger partial charge on any atom is -0.456 e. The quantitative estimate of drug-likeness (QED) is 0.137. The summed E-state index contributed by atoms with van der Waals surface area (Å²) in [6.07, 6.45) is 16.2. The van der Waals surface area contributed by atoms with Crippen molar-refractivity contribution in [3.8, 4) is 11.1 Å². The van der Waals surface area contributed by atoms with Crippen LogP contribution in [0.1, 0.15) is 106 Å². The van der Waals surface area contributed by atoms with Crippen LogP contribution in [0, 0.1) is 13.8 Å². The van der Waals surface area contributed by atoms with Crippen LogP contribution in [0.5, 0.6) is 0 Å². The SMILES string of the molecule is C/C=C(/c1ccccc1)c1oc(/C(=C\C)N(c2cc3oc4cc(N(c5cccc6c5oc5c(-c7ccccc7)cccc56)C5CCCCC5)c5ccccc5c4c3c3ccccc23)C2CCCCC2)c(C)c1C. The van der Waals surface area contributed by atoms with Gasteiger partial charge in [-0.15, -0.1) is 0 Å². The molecule has 362 valence electrons. The maximum atomic E-state index is 7.40. The zero-order valence-electron chi connectivity index (χ0n) is 42.5. The molecule has 5 nitrogen and oxygen atoms in total. The van der Waals surface area contributed by atoms with Gasteiger partial charge in [-0.05, 0) is 86.9 Å². The highest BCUT2D eigenvalue weighted by Gasteiger charge is 2.33. The molecule has 3 aromatic heterocycles. The van der Waals surface area contributed by atoms with Gasteiger partial charge in [-0.1, -0.05) is 190 Å². The van der Waals surface area contributed by atoms with Crippen molar-refractivity contribution in [1.29, 1.82) is 0 Å². The van der Waals surface area contributed by atoms with Crippen molar-refractivity contribution in [1.82, 2.24) is 0 Å². The summed E-state index contributed by atoms with van der Waals surface area (Å²) in [5, 5.41) is 9.41. The van der Waals surface area contributed by atoms with Gasteiger partial charge in [0.25, 0.3) is 0 Å². The van der Waals surface area contributed by atoms with Crippen LogP contribution in [-0.4, -0.2) is 12.1 Å². The molecule has 0 saturated heterocycles. The number of benzene rings is 8. The lowest BCUT2D eigenvalue weighted by Gasteiger charge is -2.38. The van der Waals surface area contributed by atoms with E-state index in [0.717, 1.165) is 126 Å². The minimum atomic E-state index is 0.285. The molecule has 2 aliphatic carbocycles. The second kappa shape index (κ2) is 18.7. The number of anilines is 3. The third kappa shape index (κ3) is 7.49. The molecular formula is C68H62N2O3. The predicted molar refractivity (Wildman–Crippen MR) is 307 cm³/mol. The molecule has 0 atom stereocenters. The Morgan fingerprint density at radius 1 is 0.452 bits per heavy atom. The van der Waals surface area contributed by atoms with Crippen molar-refractivity contribution in [2.24, 2.45) is 0 Å². The van der Waals surface area contributed by atoms with E-state index in [2.05, 4.69) is 207 Å². The van der Waals surface area contributed by atoms with Crippen LogP contribution >= 0.6 is 0 Å². The molecule has 73 heavy (non-hydrogen) atoms. The average molecular weight is 955 g/mol. The molecule has 0 N–H and O–H groups in total.